The third kappa shape index (κ3) is 3.49. The minimum absolute atomic E-state index is 0.617. The van der Waals surface area contributed by atoms with Gasteiger partial charge in [0.1, 0.15) is 11.5 Å². The van der Waals surface area contributed by atoms with E-state index in [-0.39, 0.29) is 0 Å². The predicted octanol–water partition coefficient (Wildman–Crippen LogP) is 3.09. The van der Waals surface area contributed by atoms with Gasteiger partial charge in [0, 0.05) is 0 Å². The summed E-state index contributed by atoms with van der Waals surface area (Å²) in [6.45, 7) is 7.45. The number of benzene rings is 2. The van der Waals surface area contributed by atoms with E-state index in [0.717, 1.165) is 22.3 Å². The maximum absolute atomic E-state index is 12.8. The molecule has 2 aromatic rings. The van der Waals surface area contributed by atoms with E-state index in [4.69, 9.17) is 15.2 Å². The summed E-state index contributed by atoms with van der Waals surface area (Å²) in [5, 5.41) is 0. The Morgan fingerprint density at radius 3 is 1.31 bits per heavy atom. The number of ether oxygens (including phenoxy) is 2. The third-order valence-corrected chi connectivity index (χ3v) is 4.26. The van der Waals surface area contributed by atoms with Gasteiger partial charge < -0.3 is 15.2 Å². The highest BCUT2D eigenvalue weighted by Crippen LogP contribution is 2.39. The fraction of sp³-hybridized carbons (Fsp3) is 0.300. The van der Waals surface area contributed by atoms with E-state index >= 15 is 0 Å². The molecule has 0 spiro atoms. The Kier molecular flexibility index (Phi) is 5.55. The van der Waals surface area contributed by atoms with E-state index in [9.17, 15) is 9.59 Å². The van der Waals surface area contributed by atoms with Gasteiger partial charge in [-0.05, 0) is 74.2 Å². The standard InChI is InChI=1S/C20H24N2O4/c1-11-7-15(25-5)8-12(2)17(11)22(20(24)19(21)23)18-13(3)9-16(26-6)10-14(18)4/h7-10H,1-6H3,(H2,21,23). The van der Waals surface area contributed by atoms with Gasteiger partial charge in [0.15, 0.2) is 0 Å². The Bertz CT molecular complexity index is 769. The normalized spacial score (nSPS) is 10.4. The van der Waals surface area contributed by atoms with Crippen molar-refractivity contribution in [1.82, 2.24) is 0 Å². The number of carbonyl (C=O) groups is 2. The Labute approximate surface area is 153 Å². The molecule has 0 atom stereocenters. The molecule has 26 heavy (non-hydrogen) atoms. The summed E-state index contributed by atoms with van der Waals surface area (Å²) < 4.78 is 10.6. The smallest absolute Gasteiger partial charge is 0.320 e. The van der Waals surface area contributed by atoms with Crippen LogP contribution in [0.4, 0.5) is 11.4 Å². The van der Waals surface area contributed by atoms with Crippen LogP contribution in [0.1, 0.15) is 22.3 Å². The first-order chi connectivity index (χ1) is 12.2. The third-order valence-electron chi connectivity index (χ3n) is 4.26. The summed E-state index contributed by atoms with van der Waals surface area (Å²) >= 11 is 0. The van der Waals surface area contributed by atoms with Crippen molar-refractivity contribution in [2.45, 2.75) is 27.7 Å². The highest BCUT2D eigenvalue weighted by molar-refractivity contribution is 6.41. The van der Waals surface area contributed by atoms with Crippen molar-refractivity contribution >= 4 is 23.2 Å². The number of rotatable bonds is 4. The van der Waals surface area contributed by atoms with Crippen molar-refractivity contribution in [3.8, 4) is 11.5 Å². The molecule has 0 radical (unpaired) electrons. The molecule has 0 aliphatic carbocycles. The Hall–Kier alpha value is -3.02. The zero-order valence-corrected chi connectivity index (χ0v) is 16.0. The molecule has 2 N–H and O–H groups in total. The van der Waals surface area contributed by atoms with Gasteiger partial charge in [-0.1, -0.05) is 0 Å². The summed E-state index contributed by atoms with van der Waals surface area (Å²) in [4.78, 5) is 25.9. The molecule has 0 unspecified atom stereocenters. The van der Waals surface area contributed by atoms with Crippen molar-refractivity contribution < 1.29 is 19.1 Å². The van der Waals surface area contributed by atoms with Gasteiger partial charge in [-0.2, -0.15) is 0 Å². The average molecular weight is 356 g/mol. The summed E-state index contributed by atoms with van der Waals surface area (Å²) in [5.74, 6) is -0.455. The highest BCUT2D eigenvalue weighted by atomic mass is 16.5. The van der Waals surface area contributed by atoms with Crippen LogP contribution in [-0.2, 0) is 9.59 Å². The number of hydrogen-bond acceptors (Lipinski definition) is 4. The molecule has 6 heteroatoms. The highest BCUT2D eigenvalue weighted by Gasteiger charge is 2.28. The van der Waals surface area contributed by atoms with Crippen LogP contribution in [-0.4, -0.2) is 26.0 Å². The van der Waals surface area contributed by atoms with Crippen LogP contribution < -0.4 is 20.1 Å². The molecule has 0 fully saturated rings. The lowest BCUT2D eigenvalue weighted by Gasteiger charge is -2.29. The molecule has 2 rings (SSSR count). The van der Waals surface area contributed by atoms with E-state index < -0.39 is 11.8 Å². The Balaban J connectivity index is 2.80. The second-order valence-corrected chi connectivity index (χ2v) is 6.22. The zero-order chi connectivity index (χ0) is 19.6. The largest absolute Gasteiger partial charge is 0.497 e. The van der Waals surface area contributed by atoms with Gasteiger partial charge in [0.2, 0.25) is 0 Å². The monoisotopic (exact) mass is 356 g/mol. The molecule has 0 saturated carbocycles. The number of anilines is 2. The van der Waals surface area contributed by atoms with E-state index in [1.54, 1.807) is 14.2 Å². The molecule has 0 heterocycles. The second kappa shape index (κ2) is 7.47. The molecule has 2 aromatic carbocycles. The molecule has 0 aliphatic rings. The van der Waals surface area contributed by atoms with Crippen LogP contribution in [0.25, 0.3) is 0 Å². The van der Waals surface area contributed by atoms with Gasteiger partial charge in [0.05, 0.1) is 25.6 Å². The van der Waals surface area contributed by atoms with Gasteiger partial charge in [-0.15, -0.1) is 0 Å². The lowest BCUT2D eigenvalue weighted by Crippen LogP contribution is -2.38. The first kappa shape index (κ1) is 19.3. The van der Waals surface area contributed by atoms with Gasteiger partial charge in [-0.25, -0.2) is 0 Å². The zero-order valence-electron chi connectivity index (χ0n) is 16.0. The molecule has 0 aliphatic heterocycles. The van der Waals surface area contributed by atoms with Crippen molar-refractivity contribution in [3.05, 3.63) is 46.5 Å². The van der Waals surface area contributed by atoms with E-state index in [0.29, 0.717) is 22.9 Å². The summed E-state index contributed by atoms with van der Waals surface area (Å²) in [7, 11) is 3.16. The number of nitrogens with two attached hydrogens (primary N) is 1. The molecule has 138 valence electrons. The number of amides is 2. The molecule has 0 bridgehead atoms. The number of primary amides is 1. The Morgan fingerprint density at radius 1 is 0.769 bits per heavy atom. The fourth-order valence-electron chi connectivity index (χ4n) is 3.20. The minimum atomic E-state index is -1.02. The second-order valence-electron chi connectivity index (χ2n) is 6.22. The van der Waals surface area contributed by atoms with Crippen LogP contribution in [0, 0.1) is 27.7 Å². The number of hydrogen-bond donors (Lipinski definition) is 1. The first-order valence-corrected chi connectivity index (χ1v) is 8.15. The lowest BCUT2D eigenvalue weighted by atomic mass is 10.0. The Morgan fingerprint density at radius 2 is 1.08 bits per heavy atom. The van der Waals surface area contributed by atoms with Gasteiger partial charge in [0.25, 0.3) is 0 Å². The topological polar surface area (TPSA) is 81.9 Å². The van der Waals surface area contributed by atoms with Crippen LogP contribution in [0.5, 0.6) is 11.5 Å². The molecular weight excluding hydrogens is 332 g/mol. The van der Waals surface area contributed by atoms with Crippen LogP contribution in [0.2, 0.25) is 0 Å². The summed E-state index contributed by atoms with van der Waals surface area (Å²) in [6, 6.07) is 7.27. The molecule has 0 aromatic heterocycles. The number of nitrogens with zero attached hydrogens (tertiary/aromatic N) is 1. The quantitative estimate of drug-likeness (QED) is 0.854. The number of aryl methyl sites for hydroxylation is 4. The SMILES string of the molecule is COc1cc(C)c(N(C(=O)C(N)=O)c2c(C)cc(OC)cc2C)c(C)c1. The van der Waals surface area contributed by atoms with E-state index in [2.05, 4.69) is 0 Å². The minimum Gasteiger partial charge on any atom is -0.497 e. The average Bonchev–Trinajstić information content (AvgIpc) is 2.57. The summed E-state index contributed by atoms with van der Waals surface area (Å²) in [6.07, 6.45) is 0. The molecular formula is C20H24N2O4. The van der Waals surface area contributed by atoms with Crippen molar-refractivity contribution in [3.63, 3.8) is 0 Å². The maximum Gasteiger partial charge on any atom is 0.320 e. The summed E-state index contributed by atoms with van der Waals surface area (Å²) in [5.41, 5.74) is 9.77. The van der Waals surface area contributed by atoms with Crippen molar-refractivity contribution in [1.29, 1.82) is 0 Å². The van der Waals surface area contributed by atoms with Crippen LogP contribution >= 0.6 is 0 Å². The van der Waals surface area contributed by atoms with Crippen LogP contribution in [0.15, 0.2) is 24.3 Å². The first-order valence-electron chi connectivity index (χ1n) is 8.15. The molecule has 0 saturated heterocycles. The van der Waals surface area contributed by atoms with E-state index in [1.165, 1.54) is 4.90 Å². The molecule has 6 nitrogen and oxygen atoms in total. The number of carbonyl (C=O) groups excluding carboxylic acids is 2. The lowest BCUT2D eigenvalue weighted by molar-refractivity contribution is -0.135. The van der Waals surface area contributed by atoms with Crippen LogP contribution in [0.3, 0.4) is 0 Å². The predicted molar refractivity (Wildman–Crippen MR) is 101 cm³/mol. The maximum atomic E-state index is 12.8. The van der Waals surface area contributed by atoms with Gasteiger partial charge in [-0.3, -0.25) is 14.5 Å². The molecule has 2 amide bonds. The number of methoxy groups -OCH3 is 2. The van der Waals surface area contributed by atoms with Gasteiger partial charge >= 0.3 is 11.8 Å². The van der Waals surface area contributed by atoms with Crippen molar-refractivity contribution in [2.24, 2.45) is 5.73 Å². The fourth-order valence-corrected chi connectivity index (χ4v) is 3.20. The van der Waals surface area contributed by atoms with E-state index in [1.807, 2.05) is 52.0 Å². The van der Waals surface area contributed by atoms with Crippen molar-refractivity contribution in [2.75, 3.05) is 19.1 Å².